The molecule has 2 aromatic carbocycles. The van der Waals surface area contributed by atoms with Crippen molar-refractivity contribution in [2.45, 2.75) is 25.9 Å². The van der Waals surface area contributed by atoms with Gasteiger partial charge in [0.25, 0.3) is 5.91 Å². The van der Waals surface area contributed by atoms with Crippen LogP contribution >= 0.6 is 0 Å². The number of alkyl halides is 3. The van der Waals surface area contributed by atoms with Gasteiger partial charge in [-0.3, -0.25) is 9.69 Å². The zero-order valence-electron chi connectivity index (χ0n) is 24.3. The van der Waals surface area contributed by atoms with Gasteiger partial charge in [0.05, 0.1) is 16.9 Å². The minimum Gasteiger partial charge on any atom is -0.373 e. The van der Waals surface area contributed by atoms with Gasteiger partial charge >= 0.3 is 12.2 Å². The number of anilines is 5. The second-order valence-corrected chi connectivity index (χ2v) is 10.5. The van der Waals surface area contributed by atoms with Crippen molar-refractivity contribution in [2.24, 2.45) is 0 Å². The maximum absolute atomic E-state index is 13.5. The van der Waals surface area contributed by atoms with Crippen LogP contribution in [0.15, 0.2) is 42.7 Å². The van der Waals surface area contributed by atoms with Gasteiger partial charge in [-0.2, -0.15) is 13.2 Å². The summed E-state index contributed by atoms with van der Waals surface area (Å²) >= 11 is 0. The fourth-order valence-electron chi connectivity index (χ4n) is 4.66. The predicted molar refractivity (Wildman–Crippen MR) is 159 cm³/mol. The lowest BCUT2D eigenvalue weighted by Crippen LogP contribution is -2.33. The van der Waals surface area contributed by atoms with Crippen molar-refractivity contribution in [1.82, 2.24) is 14.9 Å². The number of fused-ring (bicyclic) bond motifs is 1. The van der Waals surface area contributed by atoms with Crippen molar-refractivity contribution in [1.29, 1.82) is 0 Å². The molecule has 0 spiro atoms. The number of urea groups is 1. The molecule has 224 valence electrons. The van der Waals surface area contributed by atoms with Crippen molar-refractivity contribution in [3.8, 4) is 0 Å². The highest BCUT2D eigenvalue weighted by Gasteiger charge is 2.31. The first-order chi connectivity index (χ1) is 19.8. The van der Waals surface area contributed by atoms with Crippen molar-refractivity contribution < 1.29 is 22.8 Å². The summed E-state index contributed by atoms with van der Waals surface area (Å²) in [5.74, 6) is 0.549. The van der Waals surface area contributed by atoms with Gasteiger partial charge in [0, 0.05) is 44.0 Å². The molecule has 1 aromatic heterocycles. The number of carbonyl (C=O) groups is 2. The lowest BCUT2D eigenvalue weighted by Gasteiger charge is -2.24. The lowest BCUT2D eigenvalue weighted by atomic mass is 10.1. The largest absolute Gasteiger partial charge is 0.416 e. The molecule has 13 heteroatoms. The third kappa shape index (κ3) is 7.08. The summed E-state index contributed by atoms with van der Waals surface area (Å²) < 4.78 is 40.6. The van der Waals surface area contributed by atoms with Gasteiger partial charge in [-0.1, -0.05) is 6.07 Å². The first kappa shape index (κ1) is 30.6. The van der Waals surface area contributed by atoms with Gasteiger partial charge < -0.3 is 25.8 Å². The van der Waals surface area contributed by atoms with Gasteiger partial charge in [0.2, 0.25) is 0 Å². The van der Waals surface area contributed by atoms with E-state index >= 15 is 0 Å². The Bertz CT molecular complexity index is 1460. The Morgan fingerprint density at radius 2 is 1.74 bits per heavy atom. The summed E-state index contributed by atoms with van der Waals surface area (Å²) in [6.45, 7) is 3.85. The number of hydrogen-bond donors (Lipinski definition) is 3. The van der Waals surface area contributed by atoms with E-state index in [0.29, 0.717) is 48.1 Å². The van der Waals surface area contributed by atoms with E-state index in [0.717, 1.165) is 30.7 Å². The summed E-state index contributed by atoms with van der Waals surface area (Å²) in [5, 5.41) is 8.62. The number of nitrogens with one attached hydrogen (secondary N) is 3. The van der Waals surface area contributed by atoms with Crippen molar-refractivity contribution >= 4 is 40.6 Å². The lowest BCUT2D eigenvalue weighted by molar-refractivity contribution is -0.137. The Labute approximate surface area is 242 Å². The summed E-state index contributed by atoms with van der Waals surface area (Å²) in [6.07, 6.45) is -1.73. The maximum atomic E-state index is 13.5. The highest BCUT2D eigenvalue weighted by molar-refractivity contribution is 6.08. The number of carbonyl (C=O) groups excluding carboxylic acids is 2. The number of amides is 3. The van der Waals surface area contributed by atoms with Crippen LogP contribution in [0.1, 0.15) is 33.5 Å². The molecular weight excluding hydrogens is 549 g/mol. The average molecular weight is 585 g/mol. The van der Waals surface area contributed by atoms with Gasteiger partial charge in [-0.05, 0) is 76.3 Å². The quantitative estimate of drug-likeness (QED) is 0.322. The minimum atomic E-state index is -4.57. The molecule has 0 saturated carbocycles. The standard InChI is InChI=1S/C29H35F3N8O2/c1-18-7-8-19(15-22(18)37-28(42)40(5)26-21-11-12-33-25(21)34-17-35-26)27(41)36-23-16-20(29(30,31)32)9-10-24(23)39(4)14-6-13-38(2)3/h7-10,15-17H,6,11-14H2,1-5H3,(H,36,41)(H,37,42)(H,33,34,35). The molecule has 3 amide bonds. The van der Waals surface area contributed by atoms with Crippen LogP contribution in [0.5, 0.6) is 0 Å². The molecule has 1 aliphatic heterocycles. The van der Waals surface area contributed by atoms with Crippen LogP contribution in [0.4, 0.5) is 46.7 Å². The van der Waals surface area contributed by atoms with E-state index in [9.17, 15) is 22.8 Å². The van der Waals surface area contributed by atoms with Crippen molar-refractivity contribution in [3.05, 3.63) is 65.0 Å². The Hall–Kier alpha value is -4.39. The van der Waals surface area contributed by atoms with E-state index in [-0.39, 0.29) is 11.3 Å². The number of halogens is 3. The van der Waals surface area contributed by atoms with Crippen LogP contribution in [0.25, 0.3) is 0 Å². The number of rotatable bonds is 9. The van der Waals surface area contributed by atoms with E-state index in [1.807, 2.05) is 23.9 Å². The van der Waals surface area contributed by atoms with Crippen molar-refractivity contribution in [3.63, 3.8) is 0 Å². The molecule has 0 fully saturated rings. The number of hydrogen-bond acceptors (Lipinski definition) is 7. The predicted octanol–water partition coefficient (Wildman–Crippen LogP) is 5.08. The van der Waals surface area contributed by atoms with Crippen LogP contribution in [-0.2, 0) is 12.6 Å². The van der Waals surface area contributed by atoms with E-state index < -0.39 is 23.7 Å². The summed E-state index contributed by atoms with van der Waals surface area (Å²) in [5.41, 5.74) is 1.72. The first-order valence-electron chi connectivity index (χ1n) is 13.5. The zero-order chi connectivity index (χ0) is 30.6. The van der Waals surface area contributed by atoms with Gasteiger partial charge in [-0.25, -0.2) is 14.8 Å². The topological polar surface area (TPSA) is 106 Å². The van der Waals surface area contributed by atoms with E-state index in [4.69, 9.17) is 0 Å². The second-order valence-electron chi connectivity index (χ2n) is 10.5. The molecular formula is C29H35F3N8O2. The Balaban J connectivity index is 1.55. The summed E-state index contributed by atoms with van der Waals surface area (Å²) in [6, 6.07) is 7.56. The third-order valence-corrected chi connectivity index (χ3v) is 7.04. The number of benzene rings is 2. The molecule has 0 bridgehead atoms. The van der Waals surface area contributed by atoms with E-state index in [2.05, 4.69) is 25.9 Å². The van der Waals surface area contributed by atoms with Crippen LogP contribution in [0.2, 0.25) is 0 Å². The number of nitrogens with zero attached hydrogens (tertiary/aromatic N) is 5. The monoisotopic (exact) mass is 584 g/mol. The first-order valence-corrected chi connectivity index (χ1v) is 13.5. The normalized spacial score (nSPS) is 12.5. The van der Waals surface area contributed by atoms with Crippen LogP contribution in [0.3, 0.4) is 0 Å². The molecule has 10 nitrogen and oxygen atoms in total. The Kier molecular flexibility index (Phi) is 9.20. The van der Waals surface area contributed by atoms with Crippen LogP contribution < -0.4 is 25.8 Å². The summed E-state index contributed by atoms with van der Waals surface area (Å²) in [4.78, 5) is 40.1. The SMILES string of the molecule is Cc1ccc(C(=O)Nc2cc(C(F)(F)F)ccc2N(C)CCCN(C)C)cc1NC(=O)N(C)c1ncnc2c1CCN2. The molecule has 0 atom stereocenters. The molecule has 0 radical (unpaired) electrons. The Morgan fingerprint density at radius 3 is 2.45 bits per heavy atom. The molecule has 1 aliphatic rings. The maximum Gasteiger partial charge on any atom is 0.416 e. The molecule has 4 rings (SSSR count). The number of aromatic nitrogens is 2. The summed E-state index contributed by atoms with van der Waals surface area (Å²) in [7, 11) is 7.25. The molecule has 0 aliphatic carbocycles. The molecule has 42 heavy (non-hydrogen) atoms. The fraction of sp³-hybridized carbons (Fsp3) is 0.379. The highest BCUT2D eigenvalue weighted by atomic mass is 19.4. The fourth-order valence-corrected chi connectivity index (χ4v) is 4.66. The van der Waals surface area contributed by atoms with Crippen LogP contribution in [-0.4, -0.2) is 74.6 Å². The van der Waals surface area contributed by atoms with E-state index in [1.165, 1.54) is 23.4 Å². The van der Waals surface area contributed by atoms with Crippen molar-refractivity contribution in [2.75, 3.05) is 73.6 Å². The van der Waals surface area contributed by atoms with Gasteiger partial charge in [-0.15, -0.1) is 0 Å². The average Bonchev–Trinajstić information content (AvgIpc) is 3.42. The molecule has 2 heterocycles. The highest BCUT2D eigenvalue weighted by Crippen LogP contribution is 2.36. The van der Waals surface area contributed by atoms with Crippen LogP contribution in [0, 0.1) is 6.92 Å². The second kappa shape index (κ2) is 12.6. The Morgan fingerprint density at radius 1 is 0.976 bits per heavy atom. The molecule has 3 aromatic rings. The number of aryl methyl sites for hydroxylation is 1. The molecule has 0 saturated heterocycles. The van der Waals surface area contributed by atoms with Gasteiger partial charge in [0.15, 0.2) is 0 Å². The molecule has 0 unspecified atom stereocenters. The smallest absolute Gasteiger partial charge is 0.373 e. The van der Waals surface area contributed by atoms with Gasteiger partial charge in [0.1, 0.15) is 18.0 Å². The van der Waals surface area contributed by atoms with E-state index in [1.54, 1.807) is 33.2 Å². The third-order valence-electron chi connectivity index (χ3n) is 7.04. The molecule has 3 N–H and O–H groups in total. The zero-order valence-corrected chi connectivity index (χ0v) is 24.3. The minimum absolute atomic E-state index is 0.0410.